The largest absolute Gasteiger partial charge is 0.444 e. The number of rotatable bonds is 15. The highest BCUT2D eigenvalue weighted by Gasteiger charge is 2.37. The van der Waals surface area contributed by atoms with E-state index < -0.39 is 35.5 Å². The third-order valence-corrected chi connectivity index (χ3v) is 7.57. The Labute approximate surface area is 254 Å². The zero-order valence-corrected chi connectivity index (χ0v) is 27.2. The molecule has 2 heterocycles. The van der Waals surface area contributed by atoms with Crippen LogP contribution in [0.1, 0.15) is 131 Å². The van der Waals surface area contributed by atoms with Gasteiger partial charge in [-0.05, 0) is 80.1 Å². The molecular formula is C32H58N4O6. The molecule has 10 heteroatoms. The van der Waals surface area contributed by atoms with Crippen molar-refractivity contribution in [1.29, 1.82) is 0 Å². The summed E-state index contributed by atoms with van der Waals surface area (Å²) in [6.07, 6.45) is 13.5. The van der Waals surface area contributed by atoms with Gasteiger partial charge in [-0.25, -0.2) is 9.59 Å². The Balaban J connectivity index is 1.43. The molecule has 2 saturated heterocycles. The molecule has 2 aliphatic rings. The van der Waals surface area contributed by atoms with Crippen molar-refractivity contribution < 1.29 is 28.7 Å². The van der Waals surface area contributed by atoms with Gasteiger partial charge in [0.1, 0.15) is 23.3 Å². The molecule has 2 atom stereocenters. The standard InChI is InChI=1S/C32H58N4O6/c1-31(2,3)41-29(39)35-23-17-19-25(35)27(37)33-21-15-13-11-9-7-8-10-12-14-16-22-34-28(38)26-20-18-24-36(26)30(40)42-32(4,5)6/h25-26H,7-24H2,1-6H3,(H,33,37)(H,34,38)/t25-,26-/m1/s1. The van der Waals surface area contributed by atoms with E-state index >= 15 is 0 Å². The van der Waals surface area contributed by atoms with Gasteiger partial charge >= 0.3 is 12.2 Å². The van der Waals surface area contributed by atoms with E-state index in [9.17, 15) is 19.2 Å². The van der Waals surface area contributed by atoms with Gasteiger partial charge < -0.3 is 20.1 Å². The van der Waals surface area contributed by atoms with Gasteiger partial charge in [0, 0.05) is 26.2 Å². The molecule has 0 spiro atoms. The molecule has 10 nitrogen and oxygen atoms in total. The Hall–Kier alpha value is -2.52. The molecule has 0 radical (unpaired) electrons. The van der Waals surface area contributed by atoms with E-state index in [0.29, 0.717) is 39.0 Å². The van der Waals surface area contributed by atoms with Gasteiger partial charge in [0.25, 0.3) is 0 Å². The first kappa shape index (κ1) is 35.7. The average Bonchev–Trinajstić information content (AvgIpc) is 3.57. The van der Waals surface area contributed by atoms with Gasteiger partial charge in [0.05, 0.1) is 0 Å². The van der Waals surface area contributed by atoms with Crippen LogP contribution in [0, 0.1) is 0 Å². The minimum absolute atomic E-state index is 0.0702. The summed E-state index contributed by atoms with van der Waals surface area (Å²) in [7, 11) is 0. The average molecular weight is 595 g/mol. The fourth-order valence-electron chi connectivity index (χ4n) is 5.48. The number of nitrogens with zero attached hydrogens (tertiary/aromatic N) is 2. The zero-order valence-electron chi connectivity index (χ0n) is 27.2. The number of ether oxygens (including phenoxy) is 2. The van der Waals surface area contributed by atoms with E-state index in [2.05, 4.69) is 10.6 Å². The lowest BCUT2D eigenvalue weighted by Crippen LogP contribution is -2.47. The molecular weight excluding hydrogens is 536 g/mol. The molecule has 2 fully saturated rings. The number of hydrogen-bond donors (Lipinski definition) is 2. The fraction of sp³-hybridized carbons (Fsp3) is 0.875. The van der Waals surface area contributed by atoms with Crippen LogP contribution in [0.5, 0.6) is 0 Å². The molecule has 42 heavy (non-hydrogen) atoms. The number of carbonyl (C=O) groups is 4. The monoisotopic (exact) mass is 594 g/mol. The molecule has 0 saturated carbocycles. The second-order valence-electron chi connectivity index (χ2n) is 13.8. The third kappa shape index (κ3) is 13.6. The summed E-state index contributed by atoms with van der Waals surface area (Å²) in [5.41, 5.74) is -1.13. The molecule has 0 aromatic carbocycles. The van der Waals surface area contributed by atoms with Crippen LogP contribution in [0.25, 0.3) is 0 Å². The predicted molar refractivity (Wildman–Crippen MR) is 164 cm³/mol. The van der Waals surface area contributed by atoms with Crippen molar-refractivity contribution in [3.8, 4) is 0 Å². The molecule has 242 valence electrons. The van der Waals surface area contributed by atoms with Crippen LogP contribution in [0.2, 0.25) is 0 Å². The molecule has 0 unspecified atom stereocenters. The van der Waals surface area contributed by atoms with E-state index in [0.717, 1.165) is 51.4 Å². The highest BCUT2D eigenvalue weighted by atomic mass is 16.6. The van der Waals surface area contributed by atoms with Crippen molar-refractivity contribution in [2.75, 3.05) is 26.2 Å². The minimum atomic E-state index is -0.565. The molecule has 4 amide bonds. The Morgan fingerprint density at radius 1 is 0.571 bits per heavy atom. The van der Waals surface area contributed by atoms with E-state index in [1.54, 1.807) is 9.80 Å². The summed E-state index contributed by atoms with van der Waals surface area (Å²) in [5.74, 6) is -0.140. The van der Waals surface area contributed by atoms with Gasteiger partial charge in [-0.1, -0.05) is 51.4 Å². The first-order valence-electron chi connectivity index (χ1n) is 16.3. The van der Waals surface area contributed by atoms with Crippen molar-refractivity contribution in [2.45, 2.75) is 155 Å². The van der Waals surface area contributed by atoms with Crippen molar-refractivity contribution in [1.82, 2.24) is 20.4 Å². The van der Waals surface area contributed by atoms with Gasteiger partial charge in [-0.2, -0.15) is 0 Å². The number of likely N-dealkylation sites (tertiary alicyclic amines) is 2. The van der Waals surface area contributed by atoms with Gasteiger partial charge in [-0.15, -0.1) is 0 Å². The lowest BCUT2D eigenvalue weighted by molar-refractivity contribution is -0.126. The molecule has 2 aliphatic heterocycles. The lowest BCUT2D eigenvalue weighted by atomic mass is 10.1. The molecule has 0 bridgehead atoms. The highest BCUT2D eigenvalue weighted by molar-refractivity contribution is 5.86. The van der Waals surface area contributed by atoms with Crippen LogP contribution in [-0.2, 0) is 19.1 Å². The maximum Gasteiger partial charge on any atom is 0.410 e. The molecule has 2 rings (SSSR count). The van der Waals surface area contributed by atoms with Crippen LogP contribution in [0.15, 0.2) is 0 Å². The first-order chi connectivity index (χ1) is 19.8. The zero-order chi connectivity index (χ0) is 31.2. The quantitative estimate of drug-likeness (QED) is 0.227. The SMILES string of the molecule is CC(C)(C)OC(=O)N1CCC[C@@H]1C(=O)NCCCCCCCCCCCCNC(=O)[C@H]1CCCN1C(=O)OC(C)(C)C. The van der Waals surface area contributed by atoms with Gasteiger partial charge in [0.15, 0.2) is 0 Å². The Morgan fingerprint density at radius 2 is 0.881 bits per heavy atom. The number of hydrogen-bond acceptors (Lipinski definition) is 6. The predicted octanol–water partition coefficient (Wildman–Crippen LogP) is 5.92. The number of unbranched alkanes of at least 4 members (excludes halogenated alkanes) is 9. The van der Waals surface area contributed by atoms with Crippen LogP contribution in [-0.4, -0.2) is 83.3 Å². The summed E-state index contributed by atoms with van der Waals surface area (Å²) >= 11 is 0. The van der Waals surface area contributed by atoms with Crippen LogP contribution >= 0.6 is 0 Å². The molecule has 0 aliphatic carbocycles. The van der Waals surface area contributed by atoms with Gasteiger partial charge in [-0.3, -0.25) is 19.4 Å². The van der Waals surface area contributed by atoms with Crippen molar-refractivity contribution >= 4 is 24.0 Å². The third-order valence-electron chi connectivity index (χ3n) is 7.57. The maximum atomic E-state index is 12.6. The lowest BCUT2D eigenvalue weighted by Gasteiger charge is -2.28. The summed E-state index contributed by atoms with van der Waals surface area (Å²) in [5, 5.41) is 6.02. The summed E-state index contributed by atoms with van der Waals surface area (Å²) < 4.78 is 10.9. The highest BCUT2D eigenvalue weighted by Crippen LogP contribution is 2.22. The van der Waals surface area contributed by atoms with Crippen molar-refractivity contribution in [2.24, 2.45) is 0 Å². The van der Waals surface area contributed by atoms with Crippen LogP contribution in [0.4, 0.5) is 9.59 Å². The topological polar surface area (TPSA) is 117 Å². The second-order valence-corrected chi connectivity index (χ2v) is 13.8. The number of nitrogens with one attached hydrogen (secondary N) is 2. The number of carbonyl (C=O) groups excluding carboxylic acids is 4. The van der Waals surface area contributed by atoms with E-state index in [1.165, 1.54) is 25.7 Å². The summed E-state index contributed by atoms with van der Waals surface area (Å²) in [6, 6.07) is -0.837. The minimum Gasteiger partial charge on any atom is -0.444 e. The van der Waals surface area contributed by atoms with E-state index in [-0.39, 0.29) is 11.8 Å². The summed E-state index contributed by atoms with van der Waals surface area (Å²) in [6.45, 7) is 13.4. The van der Waals surface area contributed by atoms with E-state index in [1.807, 2.05) is 41.5 Å². The van der Waals surface area contributed by atoms with Crippen molar-refractivity contribution in [3.63, 3.8) is 0 Å². The molecule has 2 N–H and O–H groups in total. The Kier molecular flexibility index (Phi) is 14.9. The maximum absolute atomic E-state index is 12.6. The van der Waals surface area contributed by atoms with Crippen LogP contribution in [0.3, 0.4) is 0 Å². The normalized spacial score (nSPS) is 19.1. The molecule has 0 aromatic rings. The second kappa shape index (κ2) is 17.6. The van der Waals surface area contributed by atoms with Crippen molar-refractivity contribution in [3.05, 3.63) is 0 Å². The smallest absolute Gasteiger partial charge is 0.410 e. The fourth-order valence-corrected chi connectivity index (χ4v) is 5.48. The first-order valence-corrected chi connectivity index (χ1v) is 16.3. The Bertz CT molecular complexity index is 796. The molecule has 0 aromatic heterocycles. The van der Waals surface area contributed by atoms with Crippen LogP contribution < -0.4 is 10.6 Å². The summed E-state index contributed by atoms with van der Waals surface area (Å²) in [4.78, 5) is 53.1. The Morgan fingerprint density at radius 3 is 1.19 bits per heavy atom. The number of amides is 4. The van der Waals surface area contributed by atoms with Gasteiger partial charge in [0.2, 0.25) is 11.8 Å². The van der Waals surface area contributed by atoms with E-state index in [4.69, 9.17) is 9.47 Å².